The molecule has 39 heavy (non-hydrogen) atoms. The van der Waals surface area contributed by atoms with E-state index in [0.29, 0.717) is 13.1 Å². The number of piperidine rings is 1. The highest BCUT2D eigenvalue weighted by Gasteiger charge is 2.29. The van der Waals surface area contributed by atoms with E-state index in [1.807, 2.05) is 12.1 Å². The molecule has 1 amide bonds. The first kappa shape index (κ1) is 27.8. The van der Waals surface area contributed by atoms with Crippen molar-refractivity contribution >= 4 is 27.5 Å². The summed E-state index contributed by atoms with van der Waals surface area (Å²) in [7, 11) is 0. The Balaban J connectivity index is 1.27. The Labute approximate surface area is 240 Å². The normalized spacial score (nSPS) is 18.2. The molecule has 1 N–H and O–H groups in total. The SMILES string of the molecule is O=C(C1CCN(Cc2ccc(F)cc2)CC1)N1CCN(Cc2ccccc2)CCCNc2ccc(Br)cc2C1. The number of fused-ring (bicyclic) bond motifs is 1. The first-order chi connectivity index (χ1) is 19.0. The van der Waals surface area contributed by atoms with E-state index >= 15 is 0 Å². The van der Waals surface area contributed by atoms with Gasteiger partial charge in [0.25, 0.3) is 0 Å². The van der Waals surface area contributed by atoms with Gasteiger partial charge in [-0.05, 0) is 79.4 Å². The van der Waals surface area contributed by atoms with Gasteiger partial charge >= 0.3 is 0 Å². The average Bonchev–Trinajstić information content (AvgIpc) is 2.99. The van der Waals surface area contributed by atoms with E-state index < -0.39 is 0 Å². The molecule has 5 nitrogen and oxygen atoms in total. The number of nitrogens with zero attached hydrogens (tertiary/aromatic N) is 3. The lowest BCUT2D eigenvalue weighted by molar-refractivity contribution is -0.138. The number of benzene rings is 3. The Hall–Kier alpha value is -2.74. The van der Waals surface area contributed by atoms with Gasteiger partial charge in [0.1, 0.15) is 5.82 Å². The lowest BCUT2D eigenvalue weighted by Crippen LogP contribution is -2.44. The topological polar surface area (TPSA) is 38.8 Å². The first-order valence-electron chi connectivity index (χ1n) is 14.1. The first-order valence-corrected chi connectivity index (χ1v) is 14.9. The summed E-state index contributed by atoms with van der Waals surface area (Å²) in [6.45, 7) is 7.51. The quantitative estimate of drug-likeness (QED) is 0.386. The molecule has 7 heteroatoms. The van der Waals surface area contributed by atoms with E-state index in [-0.39, 0.29) is 17.6 Å². The average molecular weight is 594 g/mol. The monoisotopic (exact) mass is 592 g/mol. The summed E-state index contributed by atoms with van der Waals surface area (Å²) in [6, 6.07) is 23.7. The highest BCUT2D eigenvalue weighted by molar-refractivity contribution is 9.10. The number of hydrogen-bond acceptors (Lipinski definition) is 4. The van der Waals surface area contributed by atoms with Crippen molar-refractivity contribution in [2.45, 2.75) is 38.9 Å². The fourth-order valence-corrected chi connectivity index (χ4v) is 6.09. The van der Waals surface area contributed by atoms with Gasteiger partial charge in [0.2, 0.25) is 5.91 Å². The van der Waals surface area contributed by atoms with Crippen molar-refractivity contribution in [2.24, 2.45) is 5.92 Å². The molecular formula is C32H38BrFN4O. The molecular weight excluding hydrogens is 555 g/mol. The van der Waals surface area contributed by atoms with Crippen LogP contribution in [0.3, 0.4) is 0 Å². The van der Waals surface area contributed by atoms with Gasteiger partial charge in [-0.15, -0.1) is 0 Å². The summed E-state index contributed by atoms with van der Waals surface area (Å²) in [6.07, 6.45) is 2.75. The number of hydrogen-bond donors (Lipinski definition) is 1. The Kier molecular flexibility index (Phi) is 9.67. The zero-order valence-corrected chi connectivity index (χ0v) is 24.1. The van der Waals surface area contributed by atoms with Crippen LogP contribution in [0.2, 0.25) is 0 Å². The molecule has 0 saturated carbocycles. The number of carbonyl (C=O) groups excluding carboxylic acids is 1. The van der Waals surface area contributed by atoms with Crippen LogP contribution in [0.15, 0.2) is 77.3 Å². The molecule has 1 fully saturated rings. The lowest BCUT2D eigenvalue weighted by Gasteiger charge is -2.35. The van der Waals surface area contributed by atoms with Crippen molar-refractivity contribution in [3.05, 3.63) is 99.8 Å². The smallest absolute Gasteiger partial charge is 0.226 e. The second-order valence-corrected chi connectivity index (χ2v) is 11.7. The van der Waals surface area contributed by atoms with Crippen LogP contribution in [0.1, 0.15) is 36.0 Å². The van der Waals surface area contributed by atoms with E-state index in [1.54, 1.807) is 0 Å². The fraction of sp³-hybridized carbons (Fsp3) is 0.406. The maximum absolute atomic E-state index is 14.0. The molecule has 206 valence electrons. The number of rotatable bonds is 5. The third-order valence-corrected chi connectivity index (χ3v) is 8.39. The van der Waals surface area contributed by atoms with E-state index in [0.717, 1.165) is 86.4 Å². The summed E-state index contributed by atoms with van der Waals surface area (Å²) >= 11 is 3.64. The van der Waals surface area contributed by atoms with Crippen LogP contribution in [-0.4, -0.2) is 59.9 Å². The molecule has 0 aromatic heterocycles. The minimum Gasteiger partial charge on any atom is -0.385 e. The molecule has 0 radical (unpaired) electrons. The summed E-state index contributed by atoms with van der Waals surface area (Å²) in [5.74, 6) is 0.0941. The Bertz CT molecular complexity index is 1210. The van der Waals surface area contributed by atoms with E-state index in [1.165, 1.54) is 17.7 Å². The van der Waals surface area contributed by atoms with Crippen molar-refractivity contribution in [1.29, 1.82) is 0 Å². The molecule has 0 aliphatic carbocycles. The molecule has 0 atom stereocenters. The molecule has 3 aromatic carbocycles. The molecule has 0 spiro atoms. The maximum atomic E-state index is 14.0. The van der Waals surface area contributed by atoms with Crippen molar-refractivity contribution in [3.8, 4) is 0 Å². The molecule has 2 heterocycles. The van der Waals surface area contributed by atoms with Crippen LogP contribution >= 0.6 is 15.9 Å². The van der Waals surface area contributed by atoms with E-state index in [2.05, 4.69) is 84.5 Å². The third kappa shape index (κ3) is 7.90. The largest absolute Gasteiger partial charge is 0.385 e. The van der Waals surface area contributed by atoms with Crippen molar-refractivity contribution in [1.82, 2.24) is 14.7 Å². The van der Waals surface area contributed by atoms with Gasteiger partial charge in [-0.25, -0.2) is 4.39 Å². The predicted molar refractivity (Wildman–Crippen MR) is 159 cm³/mol. The number of carbonyl (C=O) groups is 1. The standard InChI is InChI=1S/C32H38BrFN4O/c33-29-9-12-31-28(21-29)24-38(20-19-36(16-4-15-35-31)22-25-5-2-1-3-6-25)32(39)27-13-17-37(18-14-27)23-26-7-10-30(34)11-8-26/h1-3,5-12,21,27,35H,4,13-20,22-24H2. The molecule has 0 bridgehead atoms. The molecule has 0 unspecified atom stereocenters. The highest BCUT2D eigenvalue weighted by Crippen LogP contribution is 2.27. The lowest BCUT2D eigenvalue weighted by atomic mass is 9.94. The van der Waals surface area contributed by atoms with Gasteiger partial charge in [0.05, 0.1) is 0 Å². The van der Waals surface area contributed by atoms with Gasteiger partial charge in [-0.1, -0.05) is 58.4 Å². The zero-order valence-electron chi connectivity index (χ0n) is 22.5. The summed E-state index contributed by atoms with van der Waals surface area (Å²) in [4.78, 5) is 20.9. The van der Waals surface area contributed by atoms with Crippen LogP contribution < -0.4 is 5.32 Å². The zero-order chi connectivity index (χ0) is 27.0. The van der Waals surface area contributed by atoms with Gasteiger partial charge in [0.15, 0.2) is 0 Å². The molecule has 3 aromatic rings. The van der Waals surface area contributed by atoms with Gasteiger partial charge < -0.3 is 10.2 Å². The molecule has 2 aliphatic heterocycles. The Morgan fingerprint density at radius 3 is 2.28 bits per heavy atom. The van der Waals surface area contributed by atoms with Crippen molar-refractivity contribution in [2.75, 3.05) is 44.6 Å². The number of nitrogens with one attached hydrogen (secondary N) is 1. The molecule has 5 rings (SSSR count). The summed E-state index contributed by atoms with van der Waals surface area (Å²) in [5, 5.41) is 3.63. The number of likely N-dealkylation sites (tertiary alicyclic amines) is 1. The summed E-state index contributed by atoms with van der Waals surface area (Å²) in [5.41, 5.74) is 4.69. The summed E-state index contributed by atoms with van der Waals surface area (Å²) < 4.78 is 14.3. The van der Waals surface area contributed by atoms with Crippen LogP contribution in [0.5, 0.6) is 0 Å². The minimum atomic E-state index is -0.204. The number of halogens is 2. The van der Waals surface area contributed by atoms with E-state index in [4.69, 9.17) is 0 Å². The van der Waals surface area contributed by atoms with Crippen LogP contribution in [-0.2, 0) is 24.4 Å². The third-order valence-electron chi connectivity index (χ3n) is 7.90. The second kappa shape index (κ2) is 13.6. The van der Waals surface area contributed by atoms with Crippen LogP contribution in [0.25, 0.3) is 0 Å². The second-order valence-electron chi connectivity index (χ2n) is 10.8. The Morgan fingerprint density at radius 1 is 0.846 bits per heavy atom. The maximum Gasteiger partial charge on any atom is 0.226 e. The number of amides is 1. The molecule has 1 saturated heterocycles. The highest BCUT2D eigenvalue weighted by atomic mass is 79.9. The van der Waals surface area contributed by atoms with Crippen LogP contribution in [0.4, 0.5) is 10.1 Å². The van der Waals surface area contributed by atoms with Crippen molar-refractivity contribution in [3.63, 3.8) is 0 Å². The fourth-order valence-electron chi connectivity index (χ4n) is 5.68. The van der Waals surface area contributed by atoms with E-state index in [9.17, 15) is 9.18 Å². The van der Waals surface area contributed by atoms with Crippen molar-refractivity contribution < 1.29 is 9.18 Å². The Morgan fingerprint density at radius 2 is 1.54 bits per heavy atom. The van der Waals surface area contributed by atoms with Gasteiger partial charge in [0, 0.05) is 61.9 Å². The van der Waals surface area contributed by atoms with Crippen LogP contribution in [0, 0.1) is 11.7 Å². The van der Waals surface area contributed by atoms with Gasteiger partial charge in [-0.3, -0.25) is 14.6 Å². The predicted octanol–water partition coefficient (Wildman–Crippen LogP) is 6.15. The van der Waals surface area contributed by atoms with Gasteiger partial charge in [-0.2, -0.15) is 0 Å². The minimum absolute atomic E-state index is 0.0331. The number of anilines is 1. The molecule has 2 aliphatic rings.